The van der Waals surface area contributed by atoms with Crippen LogP contribution in [-0.2, 0) is 52.9 Å². The second-order valence-corrected chi connectivity index (χ2v) is 20.5. The van der Waals surface area contributed by atoms with Crippen molar-refractivity contribution in [3.05, 3.63) is 67.0 Å². The minimum Gasteiger partial charge on any atom is -0.494 e. The molecule has 59 heavy (non-hydrogen) atoms. The molecular formula is C38H54N8O11Si2. The number of benzene rings is 1. The van der Waals surface area contributed by atoms with Crippen LogP contribution in [0.3, 0.4) is 0 Å². The fourth-order valence-electron chi connectivity index (χ4n) is 5.64. The van der Waals surface area contributed by atoms with Crippen molar-refractivity contribution in [1.29, 1.82) is 0 Å². The van der Waals surface area contributed by atoms with Crippen molar-refractivity contribution in [1.82, 2.24) is 25.3 Å². The number of amides is 1. The minimum absolute atomic E-state index is 0.00354. The van der Waals surface area contributed by atoms with E-state index in [1.54, 1.807) is 30.5 Å². The van der Waals surface area contributed by atoms with Gasteiger partial charge in [-0.05, 0) is 54.9 Å². The van der Waals surface area contributed by atoms with Gasteiger partial charge in [-0.2, -0.15) is 9.97 Å². The zero-order valence-corrected chi connectivity index (χ0v) is 36.2. The monoisotopic (exact) mass is 854 g/mol. The molecule has 3 aromatic rings. The molecule has 0 spiro atoms. The molecule has 0 aliphatic carbocycles. The van der Waals surface area contributed by atoms with Gasteiger partial charge in [-0.3, -0.25) is 14.4 Å². The van der Waals surface area contributed by atoms with Crippen molar-refractivity contribution >= 4 is 75.5 Å². The van der Waals surface area contributed by atoms with E-state index in [-0.39, 0.29) is 62.2 Å². The van der Waals surface area contributed by atoms with Crippen LogP contribution < -0.4 is 21.7 Å². The first-order valence-electron chi connectivity index (χ1n) is 19.1. The molecule has 19 nitrogen and oxygen atoms in total. The maximum atomic E-state index is 13.9. The van der Waals surface area contributed by atoms with Gasteiger partial charge in [-0.1, -0.05) is 40.9 Å². The minimum atomic E-state index is -3.21. The number of nitrogens with two attached hydrogens (primary N) is 2. The number of hydrogen-bond donors (Lipinski definition) is 3. The number of nitrogens with zero attached hydrogens (tertiary/aromatic N) is 5. The van der Waals surface area contributed by atoms with Gasteiger partial charge in [0.1, 0.15) is 19.3 Å². The highest BCUT2D eigenvalue weighted by Crippen LogP contribution is 2.24. The highest BCUT2D eigenvalue weighted by Gasteiger charge is 2.41. The molecule has 320 valence electrons. The summed E-state index contributed by atoms with van der Waals surface area (Å²) in [7, 11) is -4.45. The summed E-state index contributed by atoms with van der Waals surface area (Å²) in [6.07, 6.45) is 3.20. The number of carbonyl (C=O) groups excluding carboxylic acids is 5. The van der Waals surface area contributed by atoms with Gasteiger partial charge in [0.2, 0.25) is 5.95 Å². The molecule has 1 aromatic carbocycles. The van der Waals surface area contributed by atoms with E-state index in [1.165, 1.54) is 0 Å². The summed E-state index contributed by atoms with van der Waals surface area (Å²) < 4.78 is 33.9. The molecule has 2 aromatic heterocycles. The molecule has 0 saturated heterocycles. The quantitative estimate of drug-likeness (QED) is 0.0475. The molecule has 2 heterocycles. The Balaban J connectivity index is 1.77. The van der Waals surface area contributed by atoms with E-state index in [0.717, 1.165) is 17.8 Å². The van der Waals surface area contributed by atoms with Crippen molar-refractivity contribution in [3.8, 4) is 0 Å². The van der Waals surface area contributed by atoms with Crippen LogP contribution in [-0.4, -0.2) is 106 Å². The predicted octanol–water partition coefficient (Wildman–Crippen LogP) is 3.64. The summed E-state index contributed by atoms with van der Waals surface area (Å²) in [6.45, 7) is 14.2. The number of fused-ring (bicyclic) bond motifs is 1. The fourth-order valence-corrected chi connectivity index (χ4v) is 10.1. The first-order chi connectivity index (χ1) is 28.2. The zero-order valence-electron chi connectivity index (χ0n) is 34.2. The SMILES string of the molecule is C=CC(=O)OCCO[Si](CC)(CC)OC(=O)CC[C@H](NC(=O)c1ccc(N(C)Cc2cnc3nc(N)nc(N)c3n2)cc1)C(=O)O[Si](CC)(CC)OCCOC(=O)C=C. The van der Waals surface area contributed by atoms with Gasteiger partial charge in [0.15, 0.2) is 17.0 Å². The number of aromatic nitrogens is 4. The Morgan fingerprint density at radius 1 is 0.814 bits per heavy atom. The lowest BCUT2D eigenvalue weighted by molar-refractivity contribution is -0.143. The molecule has 0 aliphatic heterocycles. The molecule has 0 fully saturated rings. The number of nitrogen functional groups attached to an aromatic ring is 2. The lowest BCUT2D eigenvalue weighted by atomic mass is 10.1. The van der Waals surface area contributed by atoms with Crippen LogP contribution in [0.15, 0.2) is 55.8 Å². The number of carbonyl (C=O) groups is 5. The Bertz CT molecular complexity index is 1950. The predicted molar refractivity (Wildman–Crippen MR) is 223 cm³/mol. The standard InChI is InChI=1S/C38H54N8O11Si2/c1-8-30(47)52-20-22-54-58(10-3,11-4)56-32(49)19-18-29(37(51)57-59(12-5,13-6)55-23-21-53-31(48)9-2)43-36(50)26-14-16-28(17-15-26)46(7)25-27-24-41-35-33(42-27)34(39)44-38(40)45-35/h8-9,14-17,24,29H,1-2,10-13,18-23,25H2,3-7H3,(H,43,50)(H4,39,40,41,44,45)/t29-/m0/s1. The summed E-state index contributed by atoms with van der Waals surface area (Å²) in [5, 5.41) is 2.74. The number of rotatable bonds is 25. The number of anilines is 3. The Morgan fingerprint density at radius 3 is 1.92 bits per heavy atom. The van der Waals surface area contributed by atoms with Crippen molar-refractivity contribution in [3.63, 3.8) is 0 Å². The van der Waals surface area contributed by atoms with Crippen LogP contribution in [0.5, 0.6) is 0 Å². The molecule has 0 aliphatic rings. The van der Waals surface area contributed by atoms with Crippen molar-refractivity contribution in [2.45, 2.75) is 77.3 Å². The largest absolute Gasteiger partial charge is 0.494 e. The zero-order chi connectivity index (χ0) is 43.6. The Hall–Kier alpha value is -5.78. The lowest BCUT2D eigenvalue weighted by Gasteiger charge is -2.31. The first-order valence-corrected chi connectivity index (χ1v) is 23.6. The van der Waals surface area contributed by atoms with Crippen LogP contribution in [0, 0.1) is 0 Å². The smallest absolute Gasteiger partial charge is 0.401 e. The maximum Gasteiger partial charge on any atom is 0.401 e. The molecule has 0 unspecified atom stereocenters. The van der Waals surface area contributed by atoms with E-state index >= 15 is 0 Å². The van der Waals surface area contributed by atoms with Gasteiger partial charge in [-0.25, -0.2) is 19.6 Å². The second-order valence-electron chi connectivity index (χ2n) is 13.0. The fraction of sp³-hybridized carbons (Fsp3) is 0.447. The van der Waals surface area contributed by atoms with E-state index in [1.807, 2.05) is 39.6 Å². The molecule has 0 bridgehead atoms. The van der Waals surface area contributed by atoms with E-state index in [9.17, 15) is 24.0 Å². The van der Waals surface area contributed by atoms with E-state index in [0.29, 0.717) is 41.9 Å². The van der Waals surface area contributed by atoms with Gasteiger partial charge in [0, 0.05) is 36.9 Å². The molecule has 3 rings (SSSR count). The van der Waals surface area contributed by atoms with Crippen molar-refractivity contribution < 1.29 is 51.2 Å². The van der Waals surface area contributed by atoms with Crippen molar-refractivity contribution in [2.24, 2.45) is 0 Å². The first kappa shape index (κ1) is 47.6. The lowest BCUT2D eigenvalue weighted by Crippen LogP contribution is -2.50. The highest BCUT2D eigenvalue weighted by molar-refractivity contribution is 6.69. The summed E-state index contributed by atoms with van der Waals surface area (Å²) in [6, 6.07) is 6.94. The average Bonchev–Trinajstić information content (AvgIpc) is 3.24. The average molecular weight is 855 g/mol. The van der Waals surface area contributed by atoms with Gasteiger partial charge >= 0.3 is 35.0 Å². The third-order valence-corrected chi connectivity index (χ3v) is 16.1. The number of esters is 2. The van der Waals surface area contributed by atoms with Crippen LogP contribution in [0.25, 0.3) is 11.2 Å². The third kappa shape index (κ3) is 14.2. The van der Waals surface area contributed by atoms with Crippen molar-refractivity contribution in [2.75, 3.05) is 49.8 Å². The van der Waals surface area contributed by atoms with Crippen LogP contribution in [0.1, 0.15) is 56.6 Å². The summed E-state index contributed by atoms with van der Waals surface area (Å²) in [4.78, 5) is 82.5. The number of nitrogens with one attached hydrogen (secondary N) is 1. The van der Waals surface area contributed by atoms with E-state index in [4.69, 9.17) is 38.6 Å². The second kappa shape index (κ2) is 23.0. The molecule has 21 heteroatoms. The molecule has 5 N–H and O–H groups in total. The molecular weight excluding hydrogens is 801 g/mol. The van der Waals surface area contributed by atoms with Gasteiger partial charge in [0.25, 0.3) is 11.9 Å². The van der Waals surface area contributed by atoms with Crippen LogP contribution in [0.4, 0.5) is 17.5 Å². The maximum absolute atomic E-state index is 13.9. The van der Waals surface area contributed by atoms with E-state index in [2.05, 4.69) is 38.4 Å². The Labute approximate surface area is 345 Å². The van der Waals surface area contributed by atoms with Crippen LogP contribution in [0.2, 0.25) is 24.2 Å². The highest BCUT2D eigenvalue weighted by atomic mass is 28.4. The molecule has 0 saturated carbocycles. The summed E-state index contributed by atoms with van der Waals surface area (Å²) in [5.74, 6) is -3.13. The summed E-state index contributed by atoms with van der Waals surface area (Å²) >= 11 is 0. The normalized spacial score (nSPS) is 11.9. The van der Waals surface area contributed by atoms with Gasteiger partial charge in [0.05, 0.1) is 31.6 Å². The Morgan fingerprint density at radius 2 is 1.37 bits per heavy atom. The number of hydrogen-bond acceptors (Lipinski definition) is 18. The third-order valence-electron chi connectivity index (χ3n) is 9.16. The molecule has 1 atom stereocenters. The molecule has 1 amide bonds. The van der Waals surface area contributed by atoms with Gasteiger partial charge in [-0.15, -0.1) is 0 Å². The summed E-state index contributed by atoms with van der Waals surface area (Å²) in [5.41, 5.74) is 13.8. The Kier molecular flexibility index (Phi) is 18.5. The van der Waals surface area contributed by atoms with Crippen LogP contribution >= 0.6 is 0 Å². The van der Waals surface area contributed by atoms with E-state index < -0.39 is 52.9 Å². The number of ether oxygens (including phenoxy) is 2. The van der Waals surface area contributed by atoms with Gasteiger partial charge < -0.3 is 48.9 Å². The topological polar surface area (TPSA) is 260 Å². The molecule has 0 radical (unpaired) electrons.